The Labute approximate surface area is 120 Å². The highest BCUT2D eigenvalue weighted by Crippen LogP contribution is 2.25. The maximum Gasteiger partial charge on any atom is 0.161 e. The van der Waals surface area contributed by atoms with Crippen LogP contribution in [0.1, 0.15) is 18.9 Å². The van der Waals surface area contributed by atoms with Crippen LogP contribution in [0.5, 0.6) is 0 Å². The third kappa shape index (κ3) is 3.42. The lowest BCUT2D eigenvalue weighted by Crippen LogP contribution is -2.07. The Balaban J connectivity index is 2.29. The summed E-state index contributed by atoms with van der Waals surface area (Å²) in [4.78, 5) is 8.07. The molecule has 112 valence electrons. The third-order valence-electron chi connectivity index (χ3n) is 2.89. The first-order chi connectivity index (χ1) is 10.0. The van der Waals surface area contributed by atoms with Crippen LogP contribution in [0.2, 0.25) is 0 Å². The Morgan fingerprint density at radius 1 is 1.00 bits per heavy atom. The summed E-state index contributed by atoms with van der Waals surface area (Å²) in [5.41, 5.74) is 0.479. The maximum absolute atomic E-state index is 13.6. The van der Waals surface area contributed by atoms with Gasteiger partial charge in [-0.2, -0.15) is 0 Å². The van der Waals surface area contributed by atoms with E-state index in [0.717, 1.165) is 19.0 Å². The van der Waals surface area contributed by atoms with Crippen molar-refractivity contribution in [1.82, 2.24) is 9.97 Å². The van der Waals surface area contributed by atoms with Crippen molar-refractivity contribution in [3.63, 3.8) is 0 Å². The summed E-state index contributed by atoms with van der Waals surface area (Å²) in [5, 5.41) is 5.76. The fourth-order valence-electron chi connectivity index (χ4n) is 1.74. The topological polar surface area (TPSA) is 49.8 Å². The van der Waals surface area contributed by atoms with E-state index in [1.807, 2.05) is 6.92 Å². The first-order valence-electron chi connectivity index (χ1n) is 6.50. The molecule has 4 nitrogen and oxygen atoms in total. The van der Waals surface area contributed by atoms with E-state index < -0.39 is 17.5 Å². The molecular formula is C14H15F3N4. The van der Waals surface area contributed by atoms with Gasteiger partial charge in [-0.05, 0) is 13.3 Å². The Morgan fingerprint density at radius 2 is 1.67 bits per heavy atom. The summed E-state index contributed by atoms with van der Waals surface area (Å²) in [6.45, 7) is 4.49. The molecule has 2 rings (SSSR count). The number of hydrogen-bond acceptors (Lipinski definition) is 4. The van der Waals surface area contributed by atoms with Crippen LogP contribution in [0.3, 0.4) is 0 Å². The van der Waals surface area contributed by atoms with E-state index in [1.54, 1.807) is 6.92 Å². The van der Waals surface area contributed by atoms with Crippen molar-refractivity contribution in [3.8, 4) is 0 Å². The van der Waals surface area contributed by atoms with Gasteiger partial charge in [0.05, 0.1) is 5.69 Å². The van der Waals surface area contributed by atoms with Crippen LogP contribution in [0, 0.1) is 24.4 Å². The molecule has 0 saturated carbocycles. The molecule has 0 aliphatic rings. The number of halogens is 3. The normalized spacial score (nSPS) is 10.5. The molecule has 1 aromatic carbocycles. The smallest absolute Gasteiger partial charge is 0.161 e. The van der Waals surface area contributed by atoms with Crippen molar-refractivity contribution in [2.24, 2.45) is 0 Å². The Bertz CT molecular complexity index is 646. The van der Waals surface area contributed by atoms with E-state index in [2.05, 4.69) is 20.6 Å². The molecule has 0 unspecified atom stereocenters. The first kappa shape index (κ1) is 15.1. The summed E-state index contributed by atoms with van der Waals surface area (Å²) in [6, 6.07) is 1.25. The molecule has 1 aromatic heterocycles. The monoisotopic (exact) mass is 296 g/mol. The molecule has 2 aromatic rings. The fraction of sp³-hybridized carbons (Fsp3) is 0.286. The number of rotatable bonds is 5. The van der Waals surface area contributed by atoms with Crippen molar-refractivity contribution in [2.45, 2.75) is 20.3 Å². The molecule has 0 bridgehead atoms. The molecule has 0 fully saturated rings. The van der Waals surface area contributed by atoms with E-state index in [0.29, 0.717) is 23.3 Å². The predicted octanol–water partition coefficient (Wildman–Crippen LogP) is 3.77. The average molecular weight is 296 g/mol. The van der Waals surface area contributed by atoms with Crippen LogP contribution in [-0.2, 0) is 0 Å². The number of hydrogen-bond donors (Lipinski definition) is 2. The van der Waals surface area contributed by atoms with Crippen molar-refractivity contribution < 1.29 is 13.2 Å². The van der Waals surface area contributed by atoms with Crippen LogP contribution >= 0.6 is 0 Å². The van der Waals surface area contributed by atoms with E-state index in [-0.39, 0.29) is 5.69 Å². The predicted molar refractivity (Wildman–Crippen MR) is 75.1 cm³/mol. The number of nitrogens with zero attached hydrogens (tertiary/aromatic N) is 2. The molecule has 21 heavy (non-hydrogen) atoms. The van der Waals surface area contributed by atoms with Crippen molar-refractivity contribution in [2.75, 3.05) is 17.2 Å². The molecular weight excluding hydrogens is 281 g/mol. The zero-order valence-corrected chi connectivity index (χ0v) is 11.7. The second kappa shape index (κ2) is 6.43. The number of benzene rings is 1. The zero-order valence-electron chi connectivity index (χ0n) is 11.7. The van der Waals surface area contributed by atoms with Gasteiger partial charge in [-0.25, -0.2) is 23.1 Å². The molecule has 0 spiro atoms. The van der Waals surface area contributed by atoms with Gasteiger partial charge in [-0.15, -0.1) is 0 Å². The SMILES string of the molecule is CCCNc1ncnc(Nc2cc(F)c(F)cc2F)c1C. The van der Waals surface area contributed by atoms with Gasteiger partial charge in [0.25, 0.3) is 0 Å². The summed E-state index contributed by atoms with van der Waals surface area (Å²) in [7, 11) is 0. The molecule has 1 heterocycles. The Hall–Kier alpha value is -2.31. The second-order valence-corrected chi connectivity index (χ2v) is 4.49. The number of nitrogens with one attached hydrogen (secondary N) is 2. The molecule has 0 aliphatic heterocycles. The fourth-order valence-corrected chi connectivity index (χ4v) is 1.74. The molecule has 0 atom stereocenters. The summed E-state index contributed by atoms with van der Waals surface area (Å²) >= 11 is 0. The van der Waals surface area contributed by atoms with E-state index in [1.165, 1.54) is 6.33 Å². The summed E-state index contributed by atoms with van der Waals surface area (Å²) in [6.07, 6.45) is 2.23. The van der Waals surface area contributed by atoms with Gasteiger partial charge in [0.15, 0.2) is 11.6 Å². The Morgan fingerprint density at radius 3 is 2.38 bits per heavy atom. The zero-order chi connectivity index (χ0) is 15.4. The van der Waals surface area contributed by atoms with Crippen molar-refractivity contribution in [1.29, 1.82) is 0 Å². The van der Waals surface area contributed by atoms with E-state index >= 15 is 0 Å². The lowest BCUT2D eigenvalue weighted by molar-refractivity contribution is 0.496. The minimum absolute atomic E-state index is 0.183. The standard InChI is InChI=1S/C14H15F3N4/c1-3-4-18-13-8(2)14(20-7-19-13)21-12-6-10(16)9(15)5-11(12)17/h5-7H,3-4H2,1-2H3,(H2,18,19,20,21). The highest BCUT2D eigenvalue weighted by Gasteiger charge is 2.13. The van der Waals surface area contributed by atoms with Gasteiger partial charge in [0.1, 0.15) is 23.8 Å². The summed E-state index contributed by atoms with van der Waals surface area (Å²) < 4.78 is 39.7. The lowest BCUT2D eigenvalue weighted by atomic mass is 10.2. The second-order valence-electron chi connectivity index (χ2n) is 4.49. The van der Waals surface area contributed by atoms with Crippen molar-refractivity contribution in [3.05, 3.63) is 41.5 Å². The molecule has 7 heteroatoms. The molecule has 0 radical (unpaired) electrons. The van der Waals surface area contributed by atoms with Crippen LogP contribution in [0.15, 0.2) is 18.5 Å². The van der Waals surface area contributed by atoms with Crippen LogP contribution in [-0.4, -0.2) is 16.5 Å². The van der Waals surface area contributed by atoms with Gasteiger partial charge in [0.2, 0.25) is 0 Å². The quantitative estimate of drug-likeness (QED) is 0.825. The van der Waals surface area contributed by atoms with Gasteiger partial charge in [0, 0.05) is 24.2 Å². The van der Waals surface area contributed by atoms with Crippen LogP contribution in [0.25, 0.3) is 0 Å². The largest absolute Gasteiger partial charge is 0.370 e. The van der Waals surface area contributed by atoms with Gasteiger partial charge in [-0.3, -0.25) is 0 Å². The summed E-state index contributed by atoms with van der Waals surface area (Å²) in [5.74, 6) is -2.32. The van der Waals surface area contributed by atoms with Gasteiger partial charge >= 0.3 is 0 Å². The van der Waals surface area contributed by atoms with E-state index in [9.17, 15) is 13.2 Å². The molecule has 2 N–H and O–H groups in total. The highest BCUT2D eigenvalue weighted by molar-refractivity contribution is 5.64. The van der Waals surface area contributed by atoms with Crippen LogP contribution < -0.4 is 10.6 Å². The minimum Gasteiger partial charge on any atom is -0.370 e. The highest BCUT2D eigenvalue weighted by atomic mass is 19.2. The Kier molecular flexibility index (Phi) is 4.62. The van der Waals surface area contributed by atoms with Crippen molar-refractivity contribution >= 4 is 17.3 Å². The molecule has 0 aliphatic carbocycles. The third-order valence-corrected chi connectivity index (χ3v) is 2.89. The lowest BCUT2D eigenvalue weighted by Gasteiger charge is -2.13. The molecule has 0 saturated heterocycles. The number of anilines is 3. The minimum atomic E-state index is -1.23. The molecule has 0 amide bonds. The average Bonchev–Trinajstić information content (AvgIpc) is 2.45. The van der Waals surface area contributed by atoms with Gasteiger partial charge in [-0.1, -0.05) is 6.92 Å². The first-order valence-corrected chi connectivity index (χ1v) is 6.50. The number of aromatic nitrogens is 2. The van der Waals surface area contributed by atoms with E-state index in [4.69, 9.17) is 0 Å². The van der Waals surface area contributed by atoms with Gasteiger partial charge < -0.3 is 10.6 Å². The maximum atomic E-state index is 13.6. The van der Waals surface area contributed by atoms with Crippen LogP contribution in [0.4, 0.5) is 30.5 Å².